The molecule has 8 heteroatoms. The third kappa shape index (κ3) is 5.60. The van der Waals surface area contributed by atoms with Crippen molar-refractivity contribution in [3.8, 4) is 0 Å². The van der Waals surface area contributed by atoms with E-state index in [0.717, 1.165) is 6.42 Å². The Morgan fingerprint density at radius 1 is 1.09 bits per heavy atom. The minimum absolute atomic E-state index is 0.0953. The zero-order valence-electron chi connectivity index (χ0n) is 12.8. The lowest BCUT2D eigenvalue weighted by molar-refractivity contribution is -0.233. The van der Waals surface area contributed by atoms with Crippen molar-refractivity contribution in [3.63, 3.8) is 0 Å². The van der Waals surface area contributed by atoms with Crippen LogP contribution in [0.5, 0.6) is 0 Å². The first kappa shape index (κ1) is 18.4. The molecule has 1 aliphatic carbocycles. The van der Waals surface area contributed by atoms with Crippen LogP contribution >= 0.6 is 0 Å². The van der Waals surface area contributed by atoms with E-state index >= 15 is 0 Å². The van der Waals surface area contributed by atoms with E-state index in [0.29, 0.717) is 45.3 Å². The smallest absolute Gasteiger partial charge is 0.456 e. The summed E-state index contributed by atoms with van der Waals surface area (Å²) < 4.78 is 64.4. The Labute approximate surface area is 132 Å². The third-order valence-electron chi connectivity index (χ3n) is 4.35. The predicted octanol–water partition coefficient (Wildman–Crippen LogP) is 3.39. The molecule has 1 aliphatic heterocycles. The average Bonchev–Trinajstić information content (AvgIpc) is 2.53. The molecule has 4 nitrogen and oxygen atoms in total. The van der Waals surface area contributed by atoms with Gasteiger partial charge in [-0.15, -0.1) is 0 Å². The minimum Gasteiger partial charge on any atom is -0.456 e. The maximum atomic E-state index is 12.2. The largest absolute Gasteiger partial charge is 0.490 e. The lowest BCUT2D eigenvalue weighted by Gasteiger charge is -2.37. The highest BCUT2D eigenvalue weighted by Crippen LogP contribution is 2.33. The maximum absolute atomic E-state index is 12.2. The number of carbonyl (C=O) groups is 1. The van der Waals surface area contributed by atoms with Gasteiger partial charge in [0.2, 0.25) is 0 Å². The number of halogens is 4. The van der Waals surface area contributed by atoms with Gasteiger partial charge in [-0.2, -0.15) is 13.2 Å². The first-order chi connectivity index (χ1) is 10.9. The standard InChI is InChI=1S/C15H22F4O4/c16-7-1-2-10-8-21-13(22-9-10)11-3-5-12(6-4-11)23-14(20)15(17,18)19/h10-13H,1-9H2. The molecule has 0 unspecified atom stereocenters. The number of alkyl halides is 4. The van der Waals surface area contributed by atoms with Gasteiger partial charge in [-0.05, 0) is 38.5 Å². The highest BCUT2D eigenvalue weighted by atomic mass is 19.4. The SMILES string of the molecule is O=C(OC1CCC(C2OCC(CCCF)CO2)CC1)C(F)(F)F. The maximum Gasteiger partial charge on any atom is 0.490 e. The molecular weight excluding hydrogens is 320 g/mol. The van der Waals surface area contributed by atoms with Gasteiger partial charge >= 0.3 is 12.1 Å². The summed E-state index contributed by atoms with van der Waals surface area (Å²) in [4.78, 5) is 10.8. The fraction of sp³-hybridized carbons (Fsp3) is 0.933. The lowest BCUT2D eigenvalue weighted by Crippen LogP contribution is -2.40. The quantitative estimate of drug-likeness (QED) is 0.567. The Morgan fingerprint density at radius 3 is 2.22 bits per heavy atom. The molecule has 0 bridgehead atoms. The molecule has 2 aliphatic rings. The molecule has 2 fully saturated rings. The van der Waals surface area contributed by atoms with Crippen LogP contribution in [0.2, 0.25) is 0 Å². The molecule has 1 saturated carbocycles. The Balaban J connectivity index is 1.68. The highest BCUT2D eigenvalue weighted by molar-refractivity contribution is 5.75. The van der Waals surface area contributed by atoms with Crippen molar-refractivity contribution in [2.45, 2.75) is 57.1 Å². The van der Waals surface area contributed by atoms with E-state index in [1.807, 2.05) is 0 Å². The van der Waals surface area contributed by atoms with E-state index in [4.69, 9.17) is 9.47 Å². The van der Waals surface area contributed by atoms with Crippen LogP contribution in [0.3, 0.4) is 0 Å². The van der Waals surface area contributed by atoms with Gasteiger partial charge in [0.05, 0.1) is 19.9 Å². The van der Waals surface area contributed by atoms with Gasteiger partial charge in [0.25, 0.3) is 0 Å². The van der Waals surface area contributed by atoms with Crippen LogP contribution in [0.15, 0.2) is 0 Å². The van der Waals surface area contributed by atoms with Gasteiger partial charge in [-0.1, -0.05) is 0 Å². The van der Waals surface area contributed by atoms with E-state index in [1.165, 1.54) is 0 Å². The molecule has 134 valence electrons. The Kier molecular flexibility index (Phi) is 6.64. The van der Waals surface area contributed by atoms with Gasteiger partial charge in [0.1, 0.15) is 6.10 Å². The predicted molar refractivity (Wildman–Crippen MR) is 72.3 cm³/mol. The number of hydrogen-bond acceptors (Lipinski definition) is 4. The van der Waals surface area contributed by atoms with Gasteiger partial charge in [-0.25, -0.2) is 4.79 Å². The minimum atomic E-state index is -4.94. The van der Waals surface area contributed by atoms with Crippen molar-refractivity contribution in [1.29, 1.82) is 0 Å². The van der Waals surface area contributed by atoms with Gasteiger partial charge in [-0.3, -0.25) is 4.39 Å². The number of rotatable bonds is 5. The second kappa shape index (κ2) is 8.28. The molecule has 0 aromatic heterocycles. The molecule has 0 radical (unpaired) electrons. The summed E-state index contributed by atoms with van der Waals surface area (Å²) in [6, 6.07) is 0. The van der Waals surface area contributed by atoms with Crippen LogP contribution in [0.25, 0.3) is 0 Å². The summed E-state index contributed by atoms with van der Waals surface area (Å²) >= 11 is 0. The van der Waals surface area contributed by atoms with E-state index in [1.54, 1.807) is 0 Å². The second-order valence-electron chi connectivity index (χ2n) is 6.17. The van der Waals surface area contributed by atoms with Crippen LogP contribution < -0.4 is 0 Å². The van der Waals surface area contributed by atoms with Crippen molar-refractivity contribution >= 4 is 5.97 Å². The topological polar surface area (TPSA) is 44.8 Å². The molecule has 0 amide bonds. The summed E-state index contributed by atoms with van der Waals surface area (Å²) in [5.74, 6) is -1.83. The molecule has 2 rings (SSSR count). The fourth-order valence-corrected chi connectivity index (χ4v) is 3.06. The van der Waals surface area contributed by atoms with E-state index in [-0.39, 0.29) is 24.8 Å². The Morgan fingerprint density at radius 2 is 1.70 bits per heavy atom. The Bertz CT molecular complexity index is 372. The summed E-state index contributed by atoms with van der Waals surface area (Å²) in [5, 5.41) is 0. The molecule has 0 spiro atoms. The van der Waals surface area contributed by atoms with Crippen LogP contribution in [0.1, 0.15) is 38.5 Å². The van der Waals surface area contributed by atoms with Crippen molar-refractivity contribution in [2.24, 2.45) is 11.8 Å². The van der Waals surface area contributed by atoms with Crippen LogP contribution in [-0.4, -0.2) is 44.4 Å². The summed E-state index contributed by atoms with van der Waals surface area (Å²) in [6.07, 6.45) is -2.84. The average molecular weight is 342 g/mol. The first-order valence-corrected chi connectivity index (χ1v) is 7.97. The van der Waals surface area contributed by atoms with Crippen molar-refractivity contribution in [1.82, 2.24) is 0 Å². The molecule has 1 saturated heterocycles. The number of hydrogen-bond donors (Lipinski definition) is 0. The number of carbonyl (C=O) groups excluding carboxylic acids is 1. The van der Waals surface area contributed by atoms with Crippen LogP contribution in [0, 0.1) is 11.8 Å². The van der Waals surface area contributed by atoms with Crippen molar-refractivity contribution in [2.75, 3.05) is 19.9 Å². The molecule has 0 N–H and O–H groups in total. The van der Waals surface area contributed by atoms with Crippen LogP contribution in [0.4, 0.5) is 17.6 Å². The van der Waals surface area contributed by atoms with Gasteiger partial charge < -0.3 is 14.2 Å². The Hall–Kier alpha value is -0.890. The first-order valence-electron chi connectivity index (χ1n) is 7.97. The third-order valence-corrected chi connectivity index (χ3v) is 4.35. The lowest BCUT2D eigenvalue weighted by atomic mass is 9.86. The normalized spacial score (nSPS) is 32.5. The van der Waals surface area contributed by atoms with Crippen molar-refractivity contribution in [3.05, 3.63) is 0 Å². The zero-order chi connectivity index (χ0) is 16.9. The van der Waals surface area contributed by atoms with Gasteiger partial charge in [0, 0.05) is 11.8 Å². The van der Waals surface area contributed by atoms with E-state index in [9.17, 15) is 22.4 Å². The van der Waals surface area contributed by atoms with E-state index < -0.39 is 18.2 Å². The molecule has 1 heterocycles. The molecule has 0 atom stereocenters. The highest BCUT2D eigenvalue weighted by Gasteiger charge is 2.43. The molecule has 0 aromatic rings. The zero-order valence-corrected chi connectivity index (χ0v) is 12.8. The summed E-state index contributed by atoms with van der Waals surface area (Å²) in [5.41, 5.74) is 0. The van der Waals surface area contributed by atoms with Crippen LogP contribution in [-0.2, 0) is 19.0 Å². The van der Waals surface area contributed by atoms with Crippen molar-refractivity contribution < 1.29 is 36.6 Å². The van der Waals surface area contributed by atoms with Gasteiger partial charge in [0.15, 0.2) is 6.29 Å². The number of ether oxygens (including phenoxy) is 3. The molecule has 0 aromatic carbocycles. The monoisotopic (exact) mass is 342 g/mol. The molecule has 23 heavy (non-hydrogen) atoms. The summed E-state index contributed by atoms with van der Waals surface area (Å²) in [6.45, 7) is 0.696. The summed E-state index contributed by atoms with van der Waals surface area (Å²) in [7, 11) is 0. The fourth-order valence-electron chi connectivity index (χ4n) is 3.06. The van der Waals surface area contributed by atoms with E-state index in [2.05, 4.69) is 4.74 Å². The second-order valence-corrected chi connectivity index (χ2v) is 6.17. The molecular formula is C15H22F4O4. The number of esters is 1.